The topological polar surface area (TPSA) is 57.5 Å². The van der Waals surface area contributed by atoms with Crippen LogP contribution in [0.3, 0.4) is 0 Å². The number of carboxylic acid groups (broad SMARTS) is 1. The van der Waals surface area contributed by atoms with E-state index in [1.807, 2.05) is 13.8 Å². The maximum Gasteiger partial charge on any atom is 0.309 e. The zero-order chi connectivity index (χ0) is 11.6. The molecule has 0 bridgehead atoms. The first-order valence-electron chi connectivity index (χ1n) is 5.88. The van der Waals surface area contributed by atoms with E-state index < -0.39 is 17.5 Å². The van der Waals surface area contributed by atoms with E-state index in [4.69, 9.17) is 5.11 Å². The first-order chi connectivity index (χ1) is 6.93. The van der Waals surface area contributed by atoms with Gasteiger partial charge in [-0.25, -0.2) is 0 Å². The molecule has 1 fully saturated rings. The van der Waals surface area contributed by atoms with Gasteiger partial charge in [0.2, 0.25) is 0 Å². The van der Waals surface area contributed by atoms with E-state index >= 15 is 0 Å². The third kappa shape index (κ3) is 2.17. The molecule has 0 saturated heterocycles. The fourth-order valence-corrected chi connectivity index (χ4v) is 2.91. The van der Waals surface area contributed by atoms with Gasteiger partial charge in [0.25, 0.3) is 0 Å². The minimum atomic E-state index is -1.00. The monoisotopic (exact) mass is 214 g/mol. The summed E-state index contributed by atoms with van der Waals surface area (Å²) in [6.45, 7) is 5.92. The van der Waals surface area contributed by atoms with Gasteiger partial charge in [-0.15, -0.1) is 0 Å². The zero-order valence-corrected chi connectivity index (χ0v) is 9.86. The molecule has 1 saturated carbocycles. The molecule has 0 heterocycles. The van der Waals surface area contributed by atoms with Gasteiger partial charge >= 0.3 is 5.97 Å². The van der Waals surface area contributed by atoms with Crippen LogP contribution in [0, 0.1) is 17.8 Å². The zero-order valence-electron chi connectivity index (χ0n) is 9.86. The average Bonchev–Trinajstić information content (AvgIpc) is 2.14. The summed E-state index contributed by atoms with van der Waals surface area (Å²) in [5.41, 5.74) is -1.00. The van der Waals surface area contributed by atoms with Crippen LogP contribution >= 0.6 is 0 Å². The highest BCUT2D eigenvalue weighted by molar-refractivity contribution is 5.71. The lowest BCUT2D eigenvalue weighted by Gasteiger charge is -2.45. The van der Waals surface area contributed by atoms with Crippen molar-refractivity contribution in [3.63, 3.8) is 0 Å². The Kier molecular flexibility index (Phi) is 3.77. The van der Waals surface area contributed by atoms with E-state index in [-0.39, 0.29) is 5.92 Å². The highest BCUT2D eigenvalue weighted by Gasteiger charge is 2.47. The molecule has 0 aliphatic heterocycles. The third-order valence-corrected chi connectivity index (χ3v) is 4.19. The molecular formula is C12H22O3. The molecule has 2 N–H and O–H groups in total. The second-order valence-corrected chi connectivity index (χ2v) is 4.95. The Morgan fingerprint density at radius 1 is 1.53 bits per heavy atom. The van der Waals surface area contributed by atoms with Gasteiger partial charge in [-0.3, -0.25) is 4.79 Å². The Morgan fingerprint density at radius 2 is 2.13 bits per heavy atom. The second kappa shape index (κ2) is 4.52. The number of aliphatic hydroxyl groups is 1. The fourth-order valence-electron chi connectivity index (χ4n) is 2.91. The molecule has 88 valence electrons. The minimum Gasteiger partial charge on any atom is -0.481 e. The van der Waals surface area contributed by atoms with E-state index in [0.29, 0.717) is 18.8 Å². The van der Waals surface area contributed by atoms with E-state index in [0.717, 1.165) is 12.8 Å². The van der Waals surface area contributed by atoms with Crippen molar-refractivity contribution in [2.45, 2.75) is 52.1 Å². The molecule has 15 heavy (non-hydrogen) atoms. The largest absolute Gasteiger partial charge is 0.481 e. The summed E-state index contributed by atoms with van der Waals surface area (Å²) in [5, 5.41) is 19.7. The fraction of sp³-hybridized carbons (Fsp3) is 0.917. The number of aliphatic carboxylic acids is 1. The van der Waals surface area contributed by atoms with Gasteiger partial charge in [0.05, 0.1) is 11.5 Å². The van der Waals surface area contributed by atoms with Crippen molar-refractivity contribution in [1.82, 2.24) is 0 Å². The van der Waals surface area contributed by atoms with Crippen LogP contribution in [0.4, 0.5) is 0 Å². The molecule has 0 aromatic carbocycles. The number of carboxylic acids is 1. The van der Waals surface area contributed by atoms with Crippen molar-refractivity contribution in [2.24, 2.45) is 17.8 Å². The van der Waals surface area contributed by atoms with E-state index in [1.165, 1.54) is 0 Å². The Hall–Kier alpha value is -0.570. The Morgan fingerprint density at radius 3 is 2.60 bits per heavy atom. The molecule has 3 heteroatoms. The van der Waals surface area contributed by atoms with Crippen LogP contribution in [0.1, 0.15) is 46.5 Å². The molecule has 1 rings (SSSR count). The molecular weight excluding hydrogens is 192 g/mol. The normalized spacial score (nSPS) is 38.7. The van der Waals surface area contributed by atoms with Crippen molar-refractivity contribution >= 4 is 5.97 Å². The van der Waals surface area contributed by atoms with Gasteiger partial charge in [-0.05, 0) is 24.7 Å². The molecule has 0 aromatic rings. The van der Waals surface area contributed by atoms with Crippen molar-refractivity contribution in [1.29, 1.82) is 0 Å². The van der Waals surface area contributed by atoms with Crippen LogP contribution in [0.2, 0.25) is 0 Å². The van der Waals surface area contributed by atoms with E-state index in [1.54, 1.807) is 0 Å². The highest BCUT2D eigenvalue weighted by Crippen LogP contribution is 2.43. The highest BCUT2D eigenvalue weighted by atomic mass is 16.4. The summed E-state index contributed by atoms with van der Waals surface area (Å²) in [6, 6.07) is 0. The molecule has 0 spiro atoms. The molecule has 0 radical (unpaired) electrons. The molecule has 3 nitrogen and oxygen atoms in total. The lowest BCUT2D eigenvalue weighted by Crippen LogP contribution is -2.51. The number of carbonyl (C=O) groups is 1. The van der Waals surface area contributed by atoms with Gasteiger partial charge in [-0.2, -0.15) is 0 Å². The van der Waals surface area contributed by atoms with Crippen LogP contribution < -0.4 is 0 Å². The van der Waals surface area contributed by atoms with Crippen molar-refractivity contribution in [3.05, 3.63) is 0 Å². The second-order valence-electron chi connectivity index (χ2n) is 4.95. The Labute approximate surface area is 91.5 Å². The van der Waals surface area contributed by atoms with Gasteiger partial charge in [0.15, 0.2) is 0 Å². The summed E-state index contributed by atoms with van der Waals surface area (Å²) in [4.78, 5) is 11.1. The standard InChI is InChI=1S/C12H22O3/c1-4-10(11(13)14)12(15)7-5-6-8(2)9(12)3/h8-10,15H,4-7H2,1-3H3,(H,13,14). The van der Waals surface area contributed by atoms with Gasteiger partial charge in [-0.1, -0.05) is 33.6 Å². The predicted octanol–water partition coefficient (Wildman–Crippen LogP) is 2.28. The summed E-state index contributed by atoms with van der Waals surface area (Å²) < 4.78 is 0. The maximum atomic E-state index is 11.1. The van der Waals surface area contributed by atoms with Gasteiger partial charge in [0, 0.05) is 0 Å². The van der Waals surface area contributed by atoms with Gasteiger partial charge < -0.3 is 10.2 Å². The Bertz CT molecular complexity index is 239. The molecule has 1 aliphatic carbocycles. The third-order valence-electron chi connectivity index (χ3n) is 4.19. The van der Waals surface area contributed by atoms with E-state index in [2.05, 4.69) is 6.92 Å². The SMILES string of the molecule is CCC(C(=O)O)C1(O)CCCC(C)C1C. The first kappa shape index (κ1) is 12.5. The number of hydrogen-bond acceptors (Lipinski definition) is 2. The molecule has 1 aliphatic rings. The average molecular weight is 214 g/mol. The summed E-state index contributed by atoms with van der Waals surface area (Å²) in [5.74, 6) is -0.986. The quantitative estimate of drug-likeness (QED) is 0.757. The number of hydrogen-bond donors (Lipinski definition) is 2. The predicted molar refractivity (Wildman–Crippen MR) is 58.5 cm³/mol. The van der Waals surface area contributed by atoms with Crippen LogP contribution in [-0.4, -0.2) is 21.8 Å². The van der Waals surface area contributed by atoms with Gasteiger partial charge in [0.1, 0.15) is 0 Å². The lowest BCUT2D eigenvalue weighted by molar-refractivity contribution is -0.164. The van der Waals surface area contributed by atoms with Crippen LogP contribution in [-0.2, 0) is 4.79 Å². The van der Waals surface area contributed by atoms with Crippen molar-refractivity contribution in [3.8, 4) is 0 Å². The summed E-state index contributed by atoms with van der Waals surface area (Å²) in [6.07, 6.45) is 3.16. The Balaban J connectivity index is 2.91. The number of rotatable bonds is 3. The smallest absolute Gasteiger partial charge is 0.309 e. The summed E-state index contributed by atoms with van der Waals surface area (Å²) in [7, 11) is 0. The molecule has 0 amide bonds. The van der Waals surface area contributed by atoms with Crippen LogP contribution in [0.25, 0.3) is 0 Å². The van der Waals surface area contributed by atoms with Crippen molar-refractivity contribution < 1.29 is 15.0 Å². The van der Waals surface area contributed by atoms with Crippen LogP contribution in [0.15, 0.2) is 0 Å². The lowest BCUT2D eigenvalue weighted by atomic mass is 9.64. The van der Waals surface area contributed by atoms with Crippen LogP contribution in [0.5, 0.6) is 0 Å². The maximum absolute atomic E-state index is 11.1. The molecule has 0 aromatic heterocycles. The molecule has 4 unspecified atom stereocenters. The minimum absolute atomic E-state index is 0.0762. The van der Waals surface area contributed by atoms with E-state index in [9.17, 15) is 9.90 Å². The van der Waals surface area contributed by atoms with Crippen molar-refractivity contribution in [2.75, 3.05) is 0 Å². The summed E-state index contributed by atoms with van der Waals surface area (Å²) >= 11 is 0. The molecule has 4 atom stereocenters. The first-order valence-corrected chi connectivity index (χ1v) is 5.88.